The summed E-state index contributed by atoms with van der Waals surface area (Å²) in [5, 5.41) is 16.0. The number of nitrogens with one attached hydrogen (secondary N) is 1. The molecule has 0 atom stereocenters. The van der Waals surface area contributed by atoms with E-state index in [2.05, 4.69) is 5.09 Å². The molecule has 0 aromatic rings. The fourth-order valence-electron chi connectivity index (χ4n) is 3.50. The molecule has 0 aliphatic carbocycles. The van der Waals surface area contributed by atoms with Crippen LogP contribution >= 0.6 is 7.59 Å². The molecule has 3 aliphatic rings. The largest absolute Gasteiger partial charge is 0.446 e. The highest BCUT2D eigenvalue weighted by Crippen LogP contribution is 2.56. The van der Waals surface area contributed by atoms with E-state index in [0.29, 0.717) is 12.8 Å². The third-order valence-electron chi connectivity index (χ3n) is 4.68. The quantitative estimate of drug-likeness (QED) is 0.618. The summed E-state index contributed by atoms with van der Waals surface area (Å²) in [7, 11) is -2.97. The van der Waals surface area contributed by atoms with Crippen LogP contribution in [0.2, 0.25) is 0 Å². The van der Waals surface area contributed by atoms with Crippen molar-refractivity contribution in [3.05, 3.63) is 0 Å². The predicted octanol–water partition coefficient (Wildman–Crippen LogP) is 1.82. The van der Waals surface area contributed by atoms with Gasteiger partial charge in [-0.15, -0.1) is 10.3 Å². The van der Waals surface area contributed by atoms with Gasteiger partial charge in [0.25, 0.3) is 0 Å². The van der Waals surface area contributed by atoms with E-state index in [0.717, 1.165) is 31.2 Å². The number of hydrogen-bond acceptors (Lipinski definition) is 4. The van der Waals surface area contributed by atoms with E-state index in [1.54, 1.807) is 9.34 Å². The summed E-state index contributed by atoms with van der Waals surface area (Å²) < 4.78 is 21.9. The minimum Gasteiger partial charge on any atom is -0.446 e. The van der Waals surface area contributed by atoms with Crippen LogP contribution in [0.15, 0.2) is 0 Å². The summed E-state index contributed by atoms with van der Waals surface area (Å²) in [6.07, 6.45) is -0.0824. The zero-order valence-corrected chi connectivity index (χ0v) is 15.1. The molecule has 0 unspecified atom stereocenters. The summed E-state index contributed by atoms with van der Waals surface area (Å²) in [6, 6.07) is 0. The molecule has 3 rings (SSSR count). The van der Waals surface area contributed by atoms with E-state index in [1.807, 2.05) is 27.7 Å². The molecular weight excluding hydrogens is 319 g/mol. The third kappa shape index (κ3) is 3.42. The minimum absolute atomic E-state index is 0.359. The average Bonchev–Trinajstić information content (AvgIpc) is 3.27. The van der Waals surface area contributed by atoms with E-state index in [-0.39, 0.29) is 6.10 Å². The molecule has 131 valence electrons. The fraction of sp³-hybridized carbons (Fsp3) is 0.929. The molecule has 23 heavy (non-hydrogen) atoms. The predicted molar refractivity (Wildman–Crippen MR) is 84.1 cm³/mol. The molecule has 1 N–H and O–H groups in total. The van der Waals surface area contributed by atoms with Crippen LogP contribution < -0.4 is 5.09 Å². The van der Waals surface area contributed by atoms with Crippen molar-refractivity contribution >= 4 is 13.7 Å². The first-order valence-corrected chi connectivity index (χ1v) is 9.73. The second-order valence-electron chi connectivity index (χ2n) is 7.92. The van der Waals surface area contributed by atoms with Crippen LogP contribution in [0.5, 0.6) is 0 Å². The Labute approximate surface area is 137 Å². The molecule has 3 heterocycles. The van der Waals surface area contributed by atoms with Crippen molar-refractivity contribution in [1.82, 2.24) is 19.5 Å². The van der Waals surface area contributed by atoms with Gasteiger partial charge in [0, 0.05) is 50.1 Å². The molecule has 0 aromatic carbocycles. The van der Waals surface area contributed by atoms with Gasteiger partial charge in [0.15, 0.2) is 0 Å². The highest BCUT2D eigenvalue weighted by Gasteiger charge is 2.51. The van der Waals surface area contributed by atoms with Crippen LogP contribution in [0.4, 0.5) is 4.79 Å². The number of ether oxygens (including phenoxy) is 1. The van der Waals surface area contributed by atoms with Crippen molar-refractivity contribution < 1.29 is 19.3 Å². The van der Waals surface area contributed by atoms with Gasteiger partial charge in [-0.1, -0.05) is 0 Å². The molecule has 0 saturated carbocycles. The zero-order chi connectivity index (χ0) is 17.0. The maximum atomic E-state index is 12.9. The maximum Gasteiger partial charge on any atom is 0.414 e. The molecule has 8 nitrogen and oxygen atoms in total. The minimum atomic E-state index is -2.97. The molecule has 3 fully saturated rings. The van der Waals surface area contributed by atoms with Gasteiger partial charge >= 0.3 is 13.7 Å². The van der Waals surface area contributed by atoms with Crippen molar-refractivity contribution in [3.8, 4) is 0 Å². The van der Waals surface area contributed by atoms with E-state index in [1.165, 1.54) is 0 Å². The lowest BCUT2D eigenvalue weighted by Crippen LogP contribution is -2.60. The number of carbonyl (C=O) groups excluding carboxylic acids is 1. The number of rotatable bonds is 4. The average molecular weight is 345 g/mol. The Kier molecular flexibility index (Phi) is 4.05. The molecule has 0 bridgehead atoms. The highest BCUT2D eigenvalue weighted by molar-refractivity contribution is 7.58. The molecule has 9 heteroatoms. The van der Waals surface area contributed by atoms with Crippen LogP contribution in [0.25, 0.3) is 0 Å². The molecule has 0 aromatic heterocycles. The fourth-order valence-corrected chi connectivity index (χ4v) is 5.70. The molecule has 3 saturated heterocycles. The number of amides is 1. The highest BCUT2D eigenvalue weighted by atomic mass is 31.2. The van der Waals surface area contributed by atoms with Crippen LogP contribution in [0.1, 0.15) is 40.5 Å². The third-order valence-corrected chi connectivity index (χ3v) is 7.49. The number of piperidine rings is 1. The lowest BCUT2D eigenvalue weighted by atomic mass is 9.80. The Morgan fingerprint density at radius 2 is 1.48 bits per heavy atom. The summed E-state index contributed by atoms with van der Waals surface area (Å²) in [4.78, 5) is 12.2. The van der Waals surface area contributed by atoms with Gasteiger partial charge in [0.1, 0.15) is 6.10 Å². The molecule has 1 radical (unpaired) electrons. The first-order valence-electron chi connectivity index (χ1n) is 8.12. The van der Waals surface area contributed by atoms with Crippen LogP contribution in [0, 0.1) is 0 Å². The van der Waals surface area contributed by atoms with Crippen LogP contribution in [0.3, 0.4) is 0 Å². The number of hydrogen-bond donors (Lipinski definition) is 1. The van der Waals surface area contributed by atoms with E-state index in [9.17, 15) is 14.6 Å². The molecule has 1 amide bonds. The Bertz CT molecular complexity index is 511. The first-order chi connectivity index (χ1) is 10.5. The summed E-state index contributed by atoms with van der Waals surface area (Å²) in [5.41, 5.74) is -1.20. The van der Waals surface area contributed by atoms with Gasteiger partial charge < -0.3 is 4.74 Å². The molecule has 3 aliphatic heterocycles. The number of carbonyl (C=O) groups is 1. The Morgan fingerprint density at radius 3 is 1.87 bits per heavy atom. The summed E-state index contributed by atoms with van der Waals surface area (Å²) in [6.45, 7) is 10.4. The Balaban J connectivity index is 1.62. The zero-order valence-electron chi connectivity index (χ0n) is 14.2. The molecular formula is C14H26N4O4P. The lowest BCUT2D eigenvalue weighted by Gasteiger charge is -2.49. The van der Waals surface area contributed by atoms with Crippen molar-refractivity contribution in [3.63, 3.8) is 0 Å². The monoisotopic (exact) mass is 345 g/mol. The van der Waals surface area contributed by atoms with Gasteiger partial charge in [0.05, 0.1) is 0 Å². The van der Waals surface area contributed by atoms with Gasteiger partial charge in [-0.3, -0.25) is 4.57 Å². The standard InChI is InChI=1S/C14H26N4O4P/c1-13(2)9-11(10-14(3,4)18(13)20)22-12(19)15-23(21,16-5-6-16)17-7-8-17/h11H,5-10H2,1-4H3,(H,15,19,21). The van der Waals surface area contributed by atoms with Crippen molar-refractivity contribution in [1.29, 1.82) is 0 Å². The molecule has 0 spiro atoms. The second kappa shape index (κ2) is 5.43. The van der Waals surface area contributed by atoms with Crippen LogP contribution in [-0.2, 0) is 14.5 Å². The number of nitrogens with zero attached hydrogens (tertiary/aromatic N) is 3. The van der Waals surface area contributed by atoms with E-state index >= 15 is 0 Å². The van der Waals surface area contributed by atoms with E-state index < -0.39 is 24.8 Å². The summed E-state index contributed by atoms with van der Waals surface area (Å²) in [5.74, 6) is 0. The second-order valence-corrected chi connectivity index (χ2v) is 10.4. The van der Waals surface area contributed by atoms with Crippen molar-refractivity contribution in [2.45, 2.75) is 57.7 Å². The van der Waals surface area contributed by atoms with Gasteiger partial charge in [-0.25, -0.2) is 19.2 Å². The van der Waals surface area contributed by atoms with Gasteiger partial charge in [-0.2, -0.15) is 0 Å². The first kappa shape index (κ1) is 17.2. The summed E-state index contributed by atoms with van der Waals surface area (Å²) >= 11 is 0. The topological polar surface area (TPSA) is 84.6 Å². The van der Waals surface area contributed by atoms with Crippen molar-refractivity contribution in [2.75, 3.05) is 26.2 Å². The lowest BCUT2D eigenvalue weighted by molar-refractivity contribution is -0.298. The van der Waals surface area contributed by atoms with E-state index in [4.69, 9.17) is 4.74 Å². The van der Waals surface area contributed by atoms with Crippen molar-refractivity contribution in [2.24, 2.45) is 0 Å². The normalized spacial score (nSPS) is 28.4. The Morgan fingerprint density at radius 1 is 1.04 bits per heavy atom. The number of hydroxylamine groups is 2. The maximum absolute atomic E-state index is 12.9. The van der Waals surface area contributed by atoms with Gasteiger partial charge in [0.2, 0.25) is 0 Å². The Hall–Kier alpha value is -0.660. The smallest absolute Gasteiger partial charge is 0.414 e. The van der Waals surface area contributed by atoms with Crippen LogP contribution in [-0.4, -0.2) is 63.9 Å². The van der Waals surface area contributed by atoms with Gasteiger partial charge in [-0.05, 0) is 27.7 Å². The SMILES string of the molecule is CC1(C)CC(OC(=O)NP(=O)(N2CC2)N2CC2)CC(C)(C)N1[O].